The van der Waals surface area contributed by atoms with Gasteiger partial charge in [-0.05, 0) is 6.08 Å². The quantitative estimate of drug-likeness (QED) is 0.276. The van der Waals surface area contributed by atoms with Gasteiger partial charge in [-0.25, -0.2) is 13.2 Å². The average molecular weight is 357 g/mol. The predicted molar refractivity (Wildman–Crippen MR) is 71.0 cm³/mol. The second-order valence-electron chi connectivity index (χ2n) is 5.10. The molecule has 2 aliphatic heterocycles. The van der Waals surface area contributed by atoms with E-state index < -0.39 is 34.4 Å². The van der Waals surface area contributed by atoms with E-state index in [0.717, 1.165) is 0 Å². The number of carbonyl (C=O) groups is 2. The minimum Gasteiger partial charge on any atom is -0.724 e. The maximum Gasteiger partial charge on any atom is 1.00 e. The van der Waals surface area contributed by atoms with Gasteiger partial charge in [-0.1, -0.05) is 0 Å². The summed E-state index contributed by atoms with van der Waals surface area (Å²) in [6.45, 7) is 0.161. The summed E-state index contributed by atoms with van der Waals surface area (Å²) in [5, 5.41) is 0.436. The molecule has 23 heavy (non-hydrogen) atoms. The van der Waals surface area contributed by atoms with Gasteiger partial charge in [0, 0.05) is 26.8 Å². The predicted octanol–water partition coefficient (Wildman–Crippen LogP) is -4.47. The second-order valence-corrected chi connectivity index (χ2v) is 6.07. The zero-order valence-electron chi connectivity index (χ0n) is 13.3. The average Bonchev–Trinajstić information content (AvgIpc) is 2.66. The number of hydrogen-bond donors (Lipinski definition) is 0. The molecule has 0 aromatic carbocycles. The van der Waals surface area contributed by atoms with Crippen molar-refractivity contribution < 1.29 is 61.1 Å². The van der Waals surface area contributed by atoms with Crippen molar-refractivity contribution in [3.05, 3.63) is 11.6 Å². The van der Waals surface area contributed by atoms with Gasteiger partial charge in [0.05, 0.1) is 19.2 Å². The van der Waals surface area contributed by atoms with Gasteiger partial charge in [-0.15, -0.1) is 0 Å². The Morgan fingerprint density at radius 2 is 2.09 bits per heavy atom. The number of carbonyl (C=O) groups excluding carboxylic acids is 2. The van der Waals surface area contributed by atoms with Crippen molar-refractivity contribution in [1.29, 1.82) is 0 Å². The van der Waals surface area contributed by atoms with Crippen LogP contribution in [0.1, 0.15) is 0 Å². The molecule has 0 aromatic rings. The molecule has 2 bridgehead atoms. The minimum absolute atomic E-state index is 0. The van der Waals surface area contributed by atoms with Crippen molar-refractivity contribution in [2.75, 3.05) is 34.4 Å². The molecule has 2 atom stereocenters. The van der Waals surface area contributed by atoms with Crippen LogP contribution in [0.25, 0.3) is 0 Å². The Hall–Kier alpha value is -0.690. The van der Waals surface area contributed by atoms with E-state index in [1.54, 1.807) is 0 Å². The van der Waals surface area contributed by atoms with Crippen molar-refractivity contribution in [2.24, 2.45) is 0 Å². The number of urea groups is 1. The molecule has 2 heterocycles. The fourth-order valence-corrected chi connectivity index (χ4v) is 2.84. The third kappa shape index (κ3) is 4.24. The molecule has 0 aromatic heterocycles. The maximum atomic E-state index is 12.2. The van der Waals surface area contributed by atoms with Gasteiger partial charge in [0.25, 0.3) is 5.91 Å². The van der Waals surface area contributed by atoms with Crippen LogP contribution in [-0.4, -0.2) is 86.2 Å². The number of hydroxylamine groups is 2. The second kappa shape index (κ2) is 7.47. The normalized spacial score (nSPS) is 23.5. The topological polar surface area (TPSA) is 120 Å². The van der Waals surface area contributed by atoms with Crippen LogP contribution in [0.2, 0.25) is 0 Å². The Balaban J connectivity index is 0.00000264. The largest absolute Gasteiger partial charge is 1.00 e. The van der Waals surface area contributed by atoms with E-state index in [0.29, 0.717) is 5.06 Å². The molecule has 0 radical (unpaired) electrons. The molecule has 12 heteroatoms. The van der Waals surface area contributed by atoms with Crippen molar-refractivity contribution in [1.82, 2.24) is 14.9 Å². The molecular weight excluding hydrogens is 341 g/mol. The first-order valence-electron chi connectivity index (χ1n) is 6.33. The van der Waals surface area contributed by atoms with Crippen LogP contribution >= 0.6 is 0 Å². The van der Waals surface area contributed by atoms with Gasteiger partial charge < -0.3 is 19.1 Å². The summed E-state index contributed by atoms with van der Waals surface area (Å²) < 4.78 is 41.6. The summed E-state index contributed by atoms with van der Waals surface area (Å²) in [5.41, 5.74) is 0.179. The first-order chi connectivity index (χ1) is 10.2. The summed E-state index contributed by atoms with van der Waals surface area (Å²) in [7, 11) is -0.656. The van der Waals surface area contributed by atoms with Crippen molar-refractivity contribution in [3.8, 4) is 0 Å². The van der Waals surface area contributed by atoms with E-state index in [1.807, 2.05) is 0 Å². The standard InChI is InChI=1S/C11H17N3O7S.Na/c1-12(2)10(15)8-4-7(6-20-3)13-5-9(8)14(11(13)16)21-22(17,18)19;/h4,7,9H,5-6H2,1-3H3,(H,17,18,19);/q;+1/p-1/t7-,9-;/m0./s1. The summed E-state index contributed by atoms with van der Waals surface area (Å²) >= 11 is 0. The first-order valence-corrected chi connectivity index (χ1v) is 7.66. The number of hydrogen-bond acceptors (Lipinski definition) is 7. The van der Waals surface area contributed by atoms with E-state index in [4.69, 9.17) is 4.74 Å². The summed E-state index contributed by atoms with van der Waals surface area (Å²) in [6, 6.07) is -2.31. The van der Waals surface area contributed by atoms with Gasteiger partial charge >= 0.3 is 35.6 Å². The molecule has 2 aliphatic rings. The Morgan fingerprint density at radius 1 is 1.48 bits per heavy atom. The van der Waals surface area contributed by atoms with Crippen molar-refractivity contribution in [2.45, 2.75) is 12.1 Å². The molecule has 3 amide bonds. The van der Waals surface area contributed by atoms with E-state index in [-0.39, 0.29) is 48.3 Å². The molecule has 0 spiro atoms. The fraction of sp³-hybridized carbons (Fsp3) is 0.636. The molecule has 0 unspecified atom stereocenters. The maximum absolute atomic E-state index is 12.2. The smallest absolute Gasteiger partial charge is 0.724 e. The van der Waals surface area contributed by atoms with E-state index in [9.17, 15) is 22.6 Å². The van der Waals surface area contributed by atoms with Crippen LogP contribution in [0.15, 0.2) is 11.6 Å². The third-order valence-electron chi connectivity index (χ3n) is 3.38. The number of methoxy groups -OCH3 is 1. The van der Waals surface area contributed by atoms with Crippen LogP contribution in [0.5, 0.6) is 0 Å². The van der Waals surface area contributed by atoms with E-state index >= 15 is 0 Å². The Kier molecular flexibility index (Phi) is 6.61. The molecule has 0 aliphatic carbocycles. The third-order valence-corrected chi connectivity index (χ3v) is 3.72. The van der Waals surface area contributed by atoms with Crippen molar-refractivity contribution in [3.63, 3.8) is 0 Å². The number of rotatable bonds is 5. The van der Waals surface area contributed by atoms with Gasteiger partial charge in [-0.2, -0.15) is 9.35 Å². The molecule has 2 rings (SSSR count). The zero-order chi connectivity index (χ0) is 16.7. The number of ether oxygens (including phenoxy) is 1. The first kappa shape index (κ1) is 20.4. The summed E-state index contributed by atoms with van der Waals surface area (Å²) in [4.78, 5) is 27.0. The zero-order valence-corrected chi connectivity index (χ0v) is 16.1. The molecule has 1 fully saturated rings. The number of nitrogens with zero attached hydrogens (tertiary/aromatic N) is 3. The van der Waals surface area contributed by atoms with Crippen LogP contribution in [0, 0.1) is 0 Å². The van der Waals surface area contributed by atoms with Crippen LogP contribution < -0.4 is 29.6 Å². The van der Waals surface area contributed by atoms with Gasteiger partial charge in [0.2, 0.25) is 10.4 Å². The Labute approximate surface area is 156 Å². The minimum atomic E-state index is -5.13. The molecule has 0 N–H and O–H groups in total. The number of amides is 3. The SMILES string of the molecule is COC[C@@H]1C=C(C(=O)N(C)C)[C@@H]2CN1C(=O)N2OS(=O)(=O)[O-].[Na+]. The molecule has 0 saturated carbocycles. The number of likely N-dealkylation sites (N-methyl/N-ethyl adjacent to an activating group) is 1. The van der Waals surface area contributed by atoms with Crippen LogP contribution in [0.3, 0.4) is 0 Å². The molecule has 1 saturated heterocycles. The van der Waals surface area contributed by atoms with Crippen LogP contribution in [-0.2, 0) is 24.2 Å². The van der Waals surface area contributed by atoms with Crippen LogP contribution in [0.4, 0.5) is 4.79 Å². The van der Waals surface area contributed by atoms with Gasteiger partial charge in [0.15, 0.2) is 0 Å². The molecule has 124 valence electrons. The van der Waals surface area contributed by atoms with Gasteiger partial charge in [-0.3, -0.25) is 4.79 Å². The Bertz CT molecular complexity index is 621. The van der Waals surface area contributed by atoms with E-state index in [1.165, 1.54) is 37.1 Å². The van der Waals surface area contributed by atoms with Crippen molar-refractivity contribution >= 4 is 22.3 Å². The summed E-state index contributed by atoms with van der Waals surface area (Å²) in [5.74, 6) is -0.405. The summed E-state index contributed by atoms with van der Waals surface area (Å²) in [6.07, 6.45) is 1.53. The van der Waals surface area contributed by atoms with Gasteiger partial charge in [0.1, 0.15) is 6.04 Å². The monoisotopic (exact) mass is 357 g/mol. The van der Waals surface area contributed by atoms with E-state index in [2.05, 4.69) is 4.28 Å². The Morgan fingerprint density at radius 3 is 2.57 bits per heavy atom. The molecule has 10 nitrogen and oxygen atoms in total. The number of fused-ring (bicyclic) bond motifs is 2. The fourth-order valence-electron chi connectivity index (χ4n) is 2.47. The molecular formula is C11H16N3NaO7S.